The first-order valence-corrected chi connectivity index (χ1v) is 12.3. The van der Waals surface area contributed by atoms with Crippen molar-refractivity contribution in [2.75, 3.05) is 32.1 Å². The van der Waals surface area contributed by atoms with E-state index in [-0.39, 0.29) is 23.3 Å². The Hall–Kier alpha value is -4.09. The predicted molar refractivity (Wildman–Crippen MR) is 143 cm³/mol. The van der Waals surface area contributed by atoms with E-state index in [1.165, 1.54) is 25.4 Å². The van der Waals surface area contributed by atoms with Gasteiger partial charge in [0.25, 0.3) is 5.91 Å². The summed E-state index contributed by atoms with van der Waals surface area (Å²) in [4.78, 5) is 21.6. The van der Waals surface area contributed by atoms with Crippen molar-refractivity contribution in [2.24, 2.45) is 5.73 Å². The number of carbonyl (C=O) groups is 1. The zero-order valence-corrected chi connectivity index (χ0v) is 21.5. The maximum absolute atomic E-state index is 14.8. The molecule has 0 unspecified atom stereocenters. The van der Waals surface area contributed by atoms with E-state index in [9.17, 15) is 13.6 Å². The van der Waals surface area contributed by atoms with Crippen molar-refractivity contribution in [3.63, 3.8) is 0 Å². The van der Waals surface area contributed by atoms with Crippen LogP contribution in [0, 0.1) is 11.6 Å². The summed E-state index contributed by atoms with van der Waals surface area (Å²) < 4.78 is 35.6. The van der Waals surface area contributed by atoms with Gasteiger partial charge < -0.3 is 26.4 Å². The molecule has 1 atom stereocenters. The van der Waals surface area contributed by atoms with Crippen molar-refractivity contribution in [2.45, 2.75) is 26.3 Å². The van der Waals surface area contributed by atoms with Crippen LogP contribution >= 0.6 is 0 Å². The first kappa shape index (κ1) is 27.0. The number of nitrogens with one attached hydrogen (secondary N) is 3. The SMILES string of the molecule is CCc1cc(Nc2nccn3c(-c4ccc(OC)c(F)c4F)cnc23)ccc1C(=O)N[C@@H](C)CNCCN. The lowest BCUT2D eigenvalue weighted by atomic mass is 10.0. The Balaban J connectivity index is 1.58. The molecule has 0 spiro atoms. The summed E-state index contributed by atoms with van der Waals surface area (Å²) in [6, 6.07) is 8.20. The summed E-state index contributed by atoms with van der Waals surface area (Å²) in [6.07, 6.45) is 5.27. The lowest BCUT2D eigenvalue weighted by Gasteiger charge is -2.17. The molecule has 0 aliphatic rings. The molecule has 11 heteroatoms. The molecule has 38 heavy (non-hydrogen) atoms. The van der Waals surface area contributed by atoms with Crippen LogP contribution in [0.15, 0.2) is 48.9 Å². The molecule has 2 aromatic heterocycles. The number of hydrogen-bond acceptors (Lipinski definition) is 7. The van der Waals surface area contributed by atoms with Crippen LogP contribution in [-0.4, -0.2) is 53.1 Å². The van der Waals surface area contributed by atoms with Crippen molar-refractivity contribution in [3.05, 3.63) is 71.7 Å². The quantitative estimate of drug-likeness (QED) is 0.222. The standard InChI is InChI=1S/C27H31F2N7O2/c1-4-17-13-18(5-6-19(17)27(37)34-16(2)14-31-10-9-30)35-25-26-33-15-21(36(26)12-11-32-25)20-7-8-22(38-3)24(29)23(20)28/h5-8,11-13,15-16,31H,4,9-10,14,30H2,1-3H3,(H,32,35)(H,34,37)/t16-/m0/s1. The number of nitrogens with zero attached hydrogens (tertiary/aromatic N) is 3. The molecule has 0 bridgehead atoms. The van der Waals surface area contributed by atoms with Gasteiger partial charge in [-0.25, -0.2) is 14.4 Å². The van der Waals surface area contributed by atoms with Gasteiger partial charge in [0, 0.05) is 54.9 Å². The lowest BCUT2D eigenvalue weighted by Crippen LogP contribution is -2.41. The van der Waals surface area contributed by atoms with Gasteiger partial charge in [0.05, 0.1) is 19.0 Å². The summed E-state index contributed by atoms with van der Waals surface area (Å²) in [5.74, 6) is -1.99. The zero-order valence-electron chi connectivity index (χ0n) is 21.5. The average molecular weight is 524 g/mol. The van der Waals surface area contributed by atoms with Gasteiger partial charge in [-0.1, -0.05) is 6.92 Å². The second-order valence-corrected chi connectivity index (χ2v) is 8.77. The van der Waals surface area contributed by atoms with Gasteiger partial charge in [0.1, 0.15) is 0 Å². The third-order valence-electron chi connectivity index (χ3n) is 6.11. The van der Waals surface area contributed by atoms with Crippen molar-refractivity contribution >= 4 is 23.1 Å². The fourth-order valence-corrected chi connectivity index (χ4v) is 4.19. The number of benzene rings is 2. The molecule has 9 nitrogen and oxygen atoms in total. The molecule has 2 heterocycles. The van der Waals surface area contributed by atoms with E-state index in [1.807, 2.05) is 19.9 Å². The summed E-state index contributed by atoms with van der Waals surface area (Å²) in [5, 5.41) is 9.42. The number of rotatable bonds is 11. The molecule has 0 saturated carbocycles. The van der Waals surface area contributed by atoms with Crippen LogP contribution in [0.2, 0.25) is 0 Å². The Morgan fingerprint density at radius 1 is 1.18 bits per heavy atom. The number of carbonyl (C=O) groups excluding carboxylic acids is 1. The molecule has 4 rings (SSSR count). The van der Waals surface area contributed by atoms with Crippen LogP contribution in [0.25, 0.3) is 16.9 Å². The number of imidazole rings is 1. The molecule has 0 saturated heterocycles. The monoisotopic (exact) mass is 523 g/mol. The van der Waals surface area contributed by atoms with E-state index in [0.717, 1.165) is 5.56 Å². The van der Waals surface area contributed by atoms with Crippen LogP contribution in [0.1, 0.15) is 29.8 Å². The first-order valence-electron chi connectivity index (χ1n) is 12.3. The molecule has 0 radical (unpaired) electrons. The Bertz CT molecular complexity index is 1440. The molecule has 2 aromatic carbocycles. The number of halogens is 2. The largest absolute Gasteiger partial charge is 0.494 e. The van der Waals surface area contributed by atoms with E-state index in [4.69, 9.17) is 10.5 Å². The maximum Gasteiger partial charge on any atom is 0.251 e. The number of fused-ring (bicyclic) bond motifs is 1. The molecule has 0 aliphatic heterocycles. The Labute approximate surface area is 219 Å². The fraction of sp³-hybridized carbons (Fsp3) is 0.296. The second-order valence-electron chi connectivity index (χ2n) is 8.77. The van der Waals surface area contributed by atoms with Crippen molar-refractivity contribution in [1.29, 1.82) is 0 Å². The number of anilines is 2. The van der Waals surface area contributed by atoms with Crippen LogP contribution in [0.3, 0.4) is 0 Å². The molecular formula is C27H31F2N7O2. The van der Waals surface area contributed by atoms with E-state index >= 15 is 0 Å². The molecule has 1 amide bonds. The highest BCUT2D eigenvalue weighted by atomic mass is 19.2. The molecule has 200 valence electrons. The molecule has 0 aliphatic carbocycles. The van der Waals surface area contributed by atoms with E-state index < -0.39 is 11.6 Å². The summed E-state index contributed by atoms with van der Waals surface area (Å²) >= 11 is 0. The van der Waals surface area contributed by atoms with Crippen molar-refractivity contribution in [3.8, 4) is 17.0 Å². The Morgan fingerprint density at radius 3 is 2.74 bits per heavy atom. The van der Waals surface area contributed by atoms with Gasteiger partial charge >= 0.3 is 0 Å². The number of aryl methyl sites for hydroxylation is 1. The van der Waals surface area contributed by atoms with Gasteiger partial charge in [-0.15, -0.1) is 0 Å². The van der Waals surface area contributed by atoms with Crippen LogP contribution in [-0.2, 0) is 6.42 Å². The normalized spacial score (nSPS) is 11.9. The zero-order chi connectivity index (χ0) is 27.2. The van der Waals surface area contributed by atoms with Gasteiger partial charge in [-0.05, 0) is 49.2 Å². The fourth-order valence-electron chi connectivity index (χ4n) is 4.19. The number of amides is 1. The van der Waals surface area contributed by atoms with E-state index in [0.29, 0.717) is 54.5 Å². The smallest absolute Gasteiger partial charge is 0.251 e. The van der Waals surface area contributed by atoms with Crippen molar-refractivity contribution < 1.29 is 18.3 Å². The minimum absolute atomic E-state index is 0.0454. The minimum atomic E-state index is -1.07. The number of hydrogen-bond donors (Lipinski definition) is 4. The average Bonchev–Trinajstić information content (AvgIpc) is 3.35. The highest BCUT2D eigenvalue weighted by Crippen LogP contribution is 2.31. The van der Waals surface area contributed by atoms with Crippen LogP contribution in [0.5, 0.6) is 5.75 Å². The number of methoxy groups -OCH3 is 1. The molecular weight excluding hydrogens is 492 g/mol. The summed E-state index contributed by atoms with van der Waals surface area (Å²) in [7, 11) is 1.28. The van der Waals surface area contributed by atoms with E-state index in [2.05, 4.69) is 25.9 Å². The third kappa shape index (κ3) is 5.58. The lowest BCUT2D eigenvalue weighted by molar-refractivity contribution is 0.0939. The maximum atomic E-state index is 14.8. The third-order valence-corrected chi connectivity index (χ3v) is 6.11. The highest BCUT2D eigenvalue weighted by molar-refractivity contribution is 5.96. The van der Waals surface area contributed by atoms with Crippen LogP contribution < -0.4 is 26.4 Å². The molecule has 0 fully saturated rings. The number of aromatic nitrogens is 3. The second kappa shape index (κ2) is 12.0. The van der Waals surface area contributed by atoms with Gasteiger partial charge in [0.2, 0.25) is 5.82 Å². The first-order chi connectivity index (χ1) is 18.4. The summed E-state index contributed by atoms with van der Waals surface area (Å²) in [5.41, 5.74) is 8.50. The molecule has 4 aromatic rings. The Kier molecular flexibility index (Phi) is 8.49. The topological polar surface area (TPSA) is 119 Å². The van der Waals surface area contributed by atoms with Crippen molar-refractivity contribution in [1.82, 2.24) is 25.0 Å². The van der Waals surface area contributed by atoms with Gasteiger partial charge in [-0.3, -0.25) is 9.20 Å². The van der Waals surface area contributed by atoms with Gasteiger partial charge in [-0.2, -0.15) is 4.39 Å². The highest BCUT2D eigenvalue weighted by Gasteiger charge is 2.19. The Morgan fingerprint density at radius 2 is 2.00 bits per heavy atom. The van der Waals surface area contributed by atoms with Gasteiger partial charge in [0.15, 0.2) is 23.0 Å². The van der Waals surface area contributed by atoms with Crippen LogP contribution in [0.4, 0.5) is 20.3 Å². The number of ether oxygens (including phenoxy) is 1. The summed E-state index contributed by atoms with van der Waals surface area (Å²) in [6.45, 7) is 5.75. The minimum Gasteiger partial charge on any atom is -0.494 e. The number of nitrogens with two attached hydrogens (primary N) is 1. The predicted octanol–water partition coefficient (Wildman–Crippen LogP) is 3.66. The molecule has 5 N–H and O–H groups in total. The van der Waals surface area contributed by atoms with E-state index in [1.54, 1.807) is 28.9 Å².